The number of hydrogen-bond donors (Lipinski definition) is 1. The molecule has 17 heavy (non-hydrogen) atoms. The van der Waals surface area contributed by atoms with Crippen molar-refractivity contribution in [2.45, 2.75) is 5.37 Å². The van der Waals surface area contributed by atoms with Gasteiger partial charge in [0.25, 0.3) is 10.1 Å². The van der Waals surface area contributed by atoms with Crippen LogP contribution in [-0.4, -0.2) is 99.5 Å². The van der Waals surface area contributed by atoms with Gasteiger partial charge in [0.15, 0.2) is 9.84 Å². The second-order valence-corrected chi connectivity index (χ2v) is 7.38. The summed E-state index contributed by atoms with van der Waals surface area (Å²) < 4.78 is 58.2. The number of sulfone groups is 1. The van der Waals surface area contributed by atoms with Crippen LogP contribution in [0.4, 0.5) is 0 Å². The zero-order valence-corrected chi connectivity index (χ0v) is 10.5. The van der Waals surface area contributed by atoms with E-state index < -0.39 is 31.1 Å². The zero-order chi connectivity index (χ0) is 12.4. The van der Waals surface area contributed by atoms with E-state index in [4.69, 9.17) is 9.29 Å². The van der Waals surface area contributed by atoms with Gasteiger partial charge >= 0.3 is 29.6 Å². The summed E-state index contributed by atoms with van der Waals surface area (Å²) in [7, 11) is -7.88. The Kier molecular flexibility index (Phi) is 7.12. The predicted octanol–water partition coefficient (Wildman–Crippen LogP) is -2.07. The van der Waals surface area contributed by atoms with Crippen LogP contribution in [0.2, 0.25) is 0 Å². The predicted molar refractivity (Wildman–Crippen MR) is 64.6 cm³/mol. The molecule has 0 saturated carbocycles. The third kappa shape index (κ3) is 6.48. The molecule has 7 nitrogen and oxygen atoms in total. The maximum atomic E-state index is 11.5. The van der Waals surface area contributed by atoms with Crippen LogP contribution in [0.1, 0.15) is 0 Å². The fourth-order valence-electron chi connectivity index (χ4n) is 1.55. The molecular weight excluding hydrogens is 281 g/mol. The summed E-state index contributed by atoms with van der Waals surface area (Å²) in [5.41, 5.74) is 0. The van der Waals surface area contributed by atoms with Gasteiger partial charge in [0.2, 0.25) is 0 Å². The molecule has 1 N–H and O–H groups in total. The van der Waals surface area contributed by atoms with E-state index in [1.807, 2.05) is 0 Å². The molecule has 1 saturated heterocycles. The fourth-order valence-corrected chi connectivity index (χ4v) is 4.37. The summed E-state index contributed by atoms with van der Waals surface area (Å²) in [6.45, 7) is 1.40. The monoisotopic (exact) mass is 297 g/mol. The molecule has 1 atom stereocenters. The molecule has 0 aromatic heterocycles. The number of hydrogen-bond acceptors (Lipinski definition) is 6. The molecule has 1 aliphatic rings. The Morgan fingerprint density at radius 1 is 1.24 bits per heavy atom. The van der Waals surface area contributed by atoms with E-state index >= 15 is 0 Å². The third-order valence-corrected chi connectivity index (χ3v) is 4.70. The van der Waals surface area contributed by atoms with Crippen molar-refractivity contribution in [3.63, 3.8) is 0 Å². The van der Waals surface area contributed by atoms with Gasteiger partial charge in [-0.15, -0.1) is 0 Å². The summed E-state index contributed by atoms with van der Waals surface area (Å²) in [6.07, 6.45) is 0.957. The molecule has 0 spiro atoms. The van der Waals surface area contributed by atoms with E-state index in [0.29, 0.717) is 26.3 Å². The number of rotatable bonds is 4. The molecule has 0 bridgehead atoms. The summed E-state index contributed by atoms with van der Waals surface area (Å²) in [6, 6.07) is 0. The SMILES string of the molecule is CS(=O)(=O)C(CS(=O)(=O)O)N1CCOCC1.[NaH]. The van der Waals surface area contributed by atoms with Gasteiger partial charge < -0.3 is 4.74 Å². The van der Waals surface area contributed by atoms with E-state index in [9.17, 15) is 16.8 Å². The average molecular weight is 297 g/mol. The molecule has 98 valence electrons. The second-order valence-electron chi connectivity index (χ2n) is 3.68. The molecule has 1 aliphatic heterocycles. The van der Waals surface area contributed by atoms with Crippen LogP contribution < -0.4 is 0 Å². The van der Waals surface area contributed by atoms with Crippen molar-refractivity contribution in [3.05, 3.63) is 0 Å². The Hall–Kier alpha value is 0.780. The van der Waals surface area contributed by atoms with Crippen molar-refractivity contribution in [1.29, 1.82) is 0 Å². The van der Waals surface area contributed by atoms with Gasteiger partial charge in [0.05, 0.1) is 13.2 Å². The topological polar surface area (TPSA) is 101 Å². The van der Waals surface area contributed by atoms with E-state index in [0.717, 1.165) is 6.26 Å². The Labute approximate surface area is 123 Å². The van der Waals surface area contributed by atoms with Gasteiger partial charge in [0, 0.05) is 19.3 Å². The molecule has 0 aromatic rings. The van der Waals surface area contributed by atoms with Gasteiger partial charge in [0.1, 0.15) is 11.1 Å². The standard InChI is InChI=1S/C7H15NO6S2.Na.H/c1-15(9,10)7(6-16(11,12)13)8-2-4-14-5-3-8;;/h7H,2-6H2,1H3,(H,11,12,13);;. The molecule has 0 aromatic carbocycles. The van der Waals surface area contributed by atoms with Gasteiger partial charge in [-0.2, -0.15) is 8.42 Å². The molecule has 0 aliphatic carbocycles. The van der Waals surface area contributed by atoms with Crippen LogP contribution in [0.3, 0.4) is 0 Å². The number of morpholine rings is 1. The number of nitrogens with zero attached hydrogens (tertiary/aromatic N) is 1. The van der Waals surface area contributed by atoms with Gasteiger partial charge in [-0.05, 0) is 0 Å². The molecular formula is C7H16NNaO6S2. The van der Waals surface area contributed by atoms with E-state index in [1.54, 1.807) is 0 Å². The van der Waals surface area contributed by atoms with Crippen molar-refractivity contribution in [3.8, 4) is 0 Å². The number of ether oxygens (including phenoxy) is 1. The summed E-state index contributed by atoms with van der Waals surface area (Å²) in [4.78, 5) is 1.49. The first-order chi connectivity index (χ1) is 7.20. The quantitative estimate of drug-likeness (QED) is 0.470. The molecule has 1 heterocycles. The van der Waals surface area contributed by atoms with Crippen LogP contribution in [0.15, 0.2) is 0 Å². The zero-order valence-electron chi connectivity index (χ0n) is 8.87. The maximum absolute atomic E-state index is 11.5. The van der Waals surface area contributed by atoms with Crippen LogP contribution in [-0.2, 0) is 24.7 Å². The molecule has 1 unspecified atom stereocenters. The van der Waals surface area contributed by atoms with Crippen molar-refractivity contribution in [1.82, 2.24) is 4.90 Å². The van der Waals surface area contributed by atoms with Gasteiger partial charge in [-0.3, -0.25) is 9.45 Å². The normalized spacial score (nSPS) is 20.6. The van der Waals surface area contributed by atoms with Crippen LogP contribution in [0.5, 0.6) is 0 Å². The van der Waals surface area contributed by atoms with Gasteiger partial charge in [-0.25, -0.2) is 8.42 Å². The summed E-state index contributed by atoms with van der Waals surface area (Å²) in [5, 5.41) is -1.20. The third-order valence-electron chi connectivity index (χ3n) is 2.30. The molecule has 1 fully saturated rings. The molecule has 0 amide bonds. The fraction of sp³-hybridized carbons (Fsp3) is 1.00. The average Bonchev–Trinajstić information content (AvgIpc) is 2.13. The van der Waals surface area contributed by atoms with Crippen molar-refractivity contribution in [2.24, 2.45) is 0 Å². The minimum absolute atomic E-state index is 0. The summed E-state index contributed by atoms with van der Waals surface area (Å²) in [5.74, 6) is -0.800. The first kappa shape index (κ1) is 17.8. The van der Waals surface area contributed by atoms with Crippen LogP contribution in [0.25, 0.3) is 0 Å². The van der Waals surface area contributed by atoms with E-state index in [2.05, 4.69) is 0 Å². The van der Waals surface area contributed by atoms with Crippen molar-refractivity contribution in [2.75, 3.05) is 38.3 Å². The molecule has 0 radical (unpaired) electrons. The Balaban J connectivity index is 0.00000256. The Morgan fingerprint density at radius 3 is 2.06 bits per heavy atom. The van der Waals surface area contributed by atoms with E-state index in [1.165, 1.54) is 4.90 Å². The van der Waals surface area contributed by atoms with Crippen LogP contribution in [0, 0.1) is 0 Å². The molecule has 1 rings (SSSR count). The Bertz CT molecular complexity index is 427. The second kappa shape index (κ2) is 6.80. The van der Waals surface area contributed by atoms with E-state index in [-0.39, 0.29) is 29.6 Å². The minimum atomic E-state index is -4.32. The molecule has 10 heteroatoms. The summed E-state index contributed by atoms with van der Waals surface area (Å²) >= 11 is 0. The van der Waals surface area contributed by atoms with Crippen molar-refractivity contribution >= 4 is 49.5 Å². The first-order valence-corrected chi connectivity index (χ1v) is 8.22. The van der Waals surface area contributed by atoms with Crippen molar-refractivity contribution < 1.29 is 26.1 Å². The first-order valence-electron chi connectivity index (χ1n) is 4.66. The van der Waals surface area contributed by atoms with Crippen LogP contribution >= 0.6 is 0 Å². The van der Waals surface area contributed by atoms with Gasteiger partial charge in [-0.1, -0.05) is 0 Å². The Morgan fingerprint density at radius 2 is 1.71 bits per heavy atom.